The molecule has 27 heavy (non-hydrogen) atoms. The molecule has 0 spiro atoms. The monoisotopic (exact) mass is 392 g/mol. The Bertz CT molecular complexity index is 845. The zero-order valence-corrected chi connectivity index (χ0v) is 16.5. The molecule has 2 N–H and O–H groups in total. The Morgan fingerprint density at radius 2 is 2.04 bits per heavy atom. The van der Waals surface area contributed by atoms with Crippen molar-refractivity contribution in [1.82, 2.24) is 20.0 Å². The summed E-state index contributed by atoms with van der Waals surface area (Å²) >= 11 is 1.36. The van der Waals surface area contributed by atoms with Crippen LogP contribution >= 0.6 is 11.3 Å². The number of thiophene rings is 1. The van der Waals surface area contributed by atoms with Crippen LogP contribution in [0.15, 0.2) is 6.07 Å². The highest BCUT2D eigenvalue weighted by Crippen LogP contribution is 2.27. The van der Waals surface area contributed by atoms with Crippen molar-refractivity contribution in [2.75, 3.05) is 13.1 Å². The van der Waals surface area contributed by atoms with Crippen LogP contribution in [0.5, 0.6) is 0 Å². The molecule has 146 valence electrons. The summed E-state index contributed by atoms with van der Waals surface area (Å²) in [5.74, 6) is -1.07. The van der Waals surface area contributed by atoms with Gasteiger partial charge in [-0.2, -0.15) is 5.10 Å². The number of rotatable bonds is 5. The van der Waals surface area contributed by atoms with Gasteiger partial charge in [-0.1, -0.05) is 0 Å². The Hall–Kier alpha value is -2.42. The van der Waals surface area contributed by atoms with E-state index in [1.54, 1.807) is 16.5 Å². The Morgan fingerprint density at radius 3 is 2.63 bits per heavy atom. The number of carboxylic acid groups (broad SMARTS) is 1. The first-order valence-electron chi connectivity index (χ1n) is 9.01. The fourth-order valence-corrected chi connectivity index (χ4v) is 4.55. The van der Waals surface area contributed by atoms with E-state index in [9.17, 15) is 14.4 Å². The van der Waals surface area contributed by atoms with Gasteiger partial charge in [0.05, 0.1) is 10.6 Å². The van der Waals surface area contributed by atoms with E-state index in [0.29, 0.717) is 30.8 Å². The second kappa shape index (κ2) is 7.67. The van der Waals surface area contributed by atoms with Gasteiger partial charge in [-0.15, -0.1) is 11.3 Å². The Kier molecular flexibility index (Phi) is 5.50. The van der Waals surface area contributed by atoms with Crippen molar-refractivity contribution in [3.8, 4) is 0 Å². The highest BCUT2D eigenvalue weighted by atomic mass is 32.1. The molecule has 2 aromatic heterocycles. The molecule has 3 heterocycles. The average molecular weight is 392 g/mol. The van der Waals surface area contributed by atoms with E-state index >= 15 is 0 Å². The maximum absolute atomic E-state index is 12.6. The average Bonchev–Trinajstić information content (AvgIpc) is 3.16. The van der Waals surface area contributed by atoms with Crippen molar-refractivity contribution in [1.29, 1.82) is 0 Å². The largest absolute Gasteiger partial charge is 0.481 e. The molecular formula is C18H24N4O4S. The number of hydrogen-bond donors (Lipinski definition) is 2. The highest BCUT2D eigenvalue weighted by Gasteiger charge is 2.28. The number of carboxylic acids is 1. The van der Waals surface area contributed by atoms with E-state index in [1.807, 2.05) is 20.0 Å². The molecule has 2 amide bonds. The van der Waals surface area contributed by atoms with Crippen LogP contribution in [0.3, 0.4) is 0 Å². The van der Waals surface area contributed by atoms with Crippen LogP contribution in [0.1, 0.15) is 41.6 Å². The highest BCUT2D eigenvalue weighted by molar-refractivity contribution is 7.20. The van der Waals surface area contributed by atoms with Crippen molar-refractivity contribution in [2.24, 2.45) is 13.0 Å². The summed E-state index contributed by atoms with van der Waals surface area (Å²) in [5.41, 5.74) is 0.871. The predicted molar refractivity (Wildman–Crippen MR) is 102 cm³/mol. The summed E-state index contributed by atoms with van der Waals surface area (Å²) in [7, 11) is 1.84. The van der Waals surface area contributed by atoms with E-state index in [4.69, 9.17) is 5.11 Å². The van der Waals surface area contributed by atoms with Crippen LogP contribution in [0.2, 0.25) is 0 Å². The number of likely N-dealkylation sites (tertiary alicyclic amines) is 1. The van der Waals surface area contributed by atoms with Crippen molar-refractivity contribution in [2.45, 2.75) is 39.2 Å². The molecular weight excluding hydrogens is 368 g/mol. The standard InChI is InChI=1S/C18H24N4O4S/c1-10-13-9-14(27-18(13)21(3)20-10)16(25)19-11(2)17(26)22-6-4-12(5-7-22)8-15(23)24/h9,11-12H,4-8H2,1-3H3,(H,19,25)(H,23,24). The van der Waals surface area contributed by atoms with Gasteiger partial charge in [-0.3, -0.25) is 19.1 Å². The molecule has 0 saturated carbocycles. The molecule has 0 radical (unpaired) electrons. The van der Waals surface area contributed by atoms with Gasteiger partial charge in [0, 0.05) is 31.9 Å². The zero-order valence-electron chi connectivity index (χ0n) is 15.7. The molecule has 1 aliphatic rings. The number of aliphatic carboxylic acids is 1. The molecule has 1 atom stereocenters. The van der Waals surface area contributed by atoms with Crippen molar-refractivity contribution in [3.05, 3.63) is 16.6 Å². The summed E-state index contributed by atoms with van der Waals surface area (Å²) in [6.07, 6.45) is 1.51. The lowest BCUT2D eigenvalue weighted by Crippen LogP contribution is -2.49. The van der Waals surface area contributed by atoms with Crippen LogP contribution in [-0.4, -0.2) is 56.7 Å². The number of aryl methyl sites for hydroxylation is 2. The fourth-order valence-electron chi connectivity index (χ4n) is 3.52. The van der Waals surface area contributed by atoms with E-state index in [-0.39, 0.29) is 24.2 Å². The van der Waals surface area contributed by atoms with Crippen molar-refractivity contribution < 1.29 is 19.5 Å². The van der Waals surface area contributed by atoms with E-state index in [2.05, 4.69) is 10.4 Å². The molecule has 1 saturated heterocycles. The third kappa shape index (κ3) is 4.13. The maximum atomic E-state index is 12.6. The van der Waals surface area contributed by atoms with Gasteiger partial charge in [0.15, 0.2) is 0 Å². The van der Waals surface area contributed by atoms with E-state index in [0.717, 1.165) is 15.9 Å². The topological polar surface area (TPSA) is 105 Å². The summed E-state index contributed by atoms with van der Waals surface area (Å²) in [6, 6.07) is 1.18. The maximum Gasteiger partial charge on any atom is 0.303 e. The summed E-state index contributed by atoms with van der Waals surface area (Å²) in [6.45, 7) is 4.65. The number of hydrogen-bond acceptors (Lipinski definition) is 5. The summed E-state index contributed by atoms with van der Waals surface area (Å²) in [5, 5.41) is 16.9. The number of piperidine rings is 1. The fraction of sp³-hybridized carbons (Fsp3) is 0.556. The Morgan fingerprint density at radius 1 is 1.37 bits per heavy atom. The first kappa shape index (κ1) is 19.3. The molecule has 3 rings (SSSR count). The molecule has 1 fully saturated rings. The number of carbonyl (C=O) groups is 3. The number of fused-ring (bicyclic) bond motifs is 1. The minimum absolute atomic E-state index is 0.117. The van der Waals surface area contributed by atoms with Gasteiger partial charge in [0.2, 0.25) is 5.91 Å². The van der Waals surface area contributed by atoms with Gasteiger partial charge in [0.25, 0.3) is 5.91 Å². The zero-order chi connectivity index (χ0) is 19.7. The van der Waals surface area contributed by atoms with Gasteiger partial charge >= 0.3 is 5.97 Å². The van der Waals surface area contributed by atoms with Crippen molar-refractivity contribution >= 4 is 39.3 Å². The third-order valence-corrected chi connectivity index (χ3v) is 6.23. The second-order valence-corrected chi connectivity index (χ2v) is 8.13. The minimum atomic E-state index is -0.797. The molecule has 0 bridgehead atoms. The number of amides is 2. The summed E-state index contributed by atoms with van der Waals surface area (Å²) in [4.78, 5) is 39.1. The number of carbonyl (C=O) groups excluding carboxylic acids is 2. The quantitative estimate of drug-likeness (QED) is 0.807. The SMILES string of the molecule is Cc1nn(C)c2sc(C(=O)NC(C)C(=O)N3CCC(CC(=O)O)CC3)cc12. The number of aromatic nitrogens is 2. The molecule has 2 aromatic rings. The lowest BCUT2D eigenvalue weighted by molar-refractivity contribution is -0.139. The first-order chi connectivity index (χ1) is 12.8. The van der Waals surface area contributed by atoms with E-state index < -0.39 is 12.0 Å². The summed E-state index contributed by atoms with van der Waals surface area (Å²) < 4.78 is 1.75. The minimum Gasteiger partial charge on any atom is -0.481 e. The number of nitrogens with one attached hydrogen (secondary N) is 1. The van der Waals surface area contributed by atoms with Crippen LogP contribution in [0, 0.1) is 12.8 Å². The molecule has 1 aliphatic heterocycles. The predicted octanol–water partition coefficient (Wildman–Crippen LogP) is 1.77. The molecule has 0 aromatic carbocycles. The third-order valence-electron chi connectivity index (χ3n) is 5.03. The van der Waals surface area contributed by atoms with Crippen LogP contribution in [0.25, 0.3) is 10.2 Å². The van der Waals surface area contributed by atoms with Gasteiger partial charge < -0.3 is 15.3 Å². The first-order valence-corrected chi connectivity index (χ1v) is 9.82. The van der Waals surface area contributed by atoms with Crippen LogP contribution < -0.4 is 5.32 Å². The molecule has 1 unspecified atom stereocenters. The normalized spacial score (nSPS) is 16.5. The van der Waals surface area contributed by atoms with Gasteiger partial charge in [-0.05, 0) is 38.7 Å². The Labute approximate surface area is 161 Å². The lowest BCUT2D eigenvalue weighted by atomic mass is 9.93. The smallest absolute Gasteiger partial charge is 0.303 e. The molecule has 0 aliphatic carbocycles. The lowest BCUT2D eigenvalue weighted by Gasteiger charge is -2.33. The van der Waals surface area contributed by atoms with E-state index in [1.165, 1.54) is 11.3 Å². The van der Waals surface area contributed by atoms with Crippen molar-refractivity contribution in [3.63, 3.8) is 0 Å². The van der Waals surface area contributed by atoms with Crippen LogP contribution in [0.4, 0.5) is 0 Å². The van der Waals surface area contributed by atoms with Gasteiger partial charge in [-0.25, -0.2) is 0 Å². The van der Waals surface area contributed by atoms with Crippen LogP contribution in [-0.2, 0) is 16.6 Å². The molecule has 9 heteroatoms. The Balaban J connectivity index is 1.58. The molecule has 8 nitrogen and oxygen atoms in total. The number of nitrogens with zero attached hydrogens (tertiary/aromatic N) is 3. The second-order valence-electron chi connectivity index (χ2n) is 7.10. The van der Waals surface area contributed by atoms with Gasteiger partial charge in [0.1, 0.15) is 10.9 Å².